The molecule has 188 valence electrons. The summed E-state index contributed by atoms with van der Waals surface area (Å²) in [5, 5.41) is 3.80. The standard InChI is InChI=1S/C27H35N3O4S/c1-20(2)34-24-10-8-22(9-11-24)19-28-27(31)21(3)30-17-14-23-18-25(12-13-26(23)30)35(32,33)29-15-6-4-5-7-16-29/h8-14,17-18,20-21H,4-7,15-16,19H2,1-3H3,(H,28,31)/t21-/m0/s1. The highest BCUT2D eigenvalue weighted by Gasteiger charge is 2.26. The van der Waals surface area contributed by atoms with Gasteiger partial charge in [0.25, 0.3) is 0 Å². The van der Waals surface area contributed by atoms with Gasteiger partial charge >= 0.3 is 0 Å². The Balaban J connectivity index is 1.44. The monoisotopic (exact) mass is 497 g/mol. The fourth-order valence-corrected chi connectivity index (χ4v) is 6.05. The second kappa shape index (κ2) is 10.8. The van der Waals surface area contributed by atoms with Gasteiger partial charge in [-0.3, -0.25) is 4.79 Å². The smallest absolute Gasteiger partial charge is 0.243 e. The van der Waals surface area contributed by atoms with Crippen molar-refractivity contribution in [1.82, 2.24) is 14.2 Å². The van der Waals surface area contributed by atoms with E-state index < -0.39 is 16.1 Å². The summed E-state index contributed by atoms with van der Waals surface area (Å²) in [6.07, 6.45) is 5.91. The molecule has 35 heavy (non-hydrogen) atoms. The summed E-state index contributed by atoms with van der Waals surface area (Å²) in [5.74, 6) is 0.700. The van der Waals surface area contributed by atoms with Gasteiger partial charge in [0.1, 0.15) is 11.8 Å². The normalized spacial score (nSPS) is 16.2. The van der Waals surface area contributed by atoms with E-state index in [1.165, 1.54) is 0 Å². The van der Waals surface area contributed by atoms with Crippen molar-refractivity contribution < 1.29 is 17.9 Å². The van der Waals surface area contributed by atoms with E-state index in [0.29, 0.717) is 24.5 Å². The molecule has 1 fully saturated rings. The molecule has 4 rings (SSSR count). The number of hydrogen-bond acceptors (Lipinski definition) is 4. The Morgan fingerprint density at radius 2 is 1.66 bits per heavy atom. The lowest BCUT2D eigenvalue weighted by Crippen LogP contribution is -2.32. The molecule has 2 heterocycles. The maximum absolute atomic E-state index is 13.2. The minimum absolute atomic E-state index is 0.105. The highest BCUT2D eigenvalue weighted by molar-refractivity contribution is 7.89. The third-order valence-corrected chi connectivity index (χ3v) is 8.35. The molecule has 1 aromatic heterocycles. The maximum atomic E-state index is 13.2. The maximum Gasteiger partial charge on any atom is 0.243 e. The van der Waals surface area contributed by atoms with E-state index in [0.717, 1.165) is 47.9 Å². The van der Waals surface area contributed by atoms with Crippen LogP contribution in [0.4, 0.5) is 0 Å². The van der Waals surface area contributed by atoms with Crippen LogP contribution in [0.3, 0.4) is 0 Å². The van der Waals surface area contributed by atoms with E-state index in [-0.39, 0.29) is 12.0 Å². The lowest BCUT2D eigenvalue weighted by Gasteiger charge is -2.20. The van der Waals surface area contributed by atoms with Crippen molar-refractivity contribution in [3.05, 3.63) is 60.3 Å². The van der Waals surface area contributed by atoms with E-state index in [2.05, 4.69) is 5.32 Å². The average Bonchev–Trinajstić information content (AvgIpc) is 3.06. The molecule has 1 atom stereocenters. The lowest BCUT2D eigenvalue weighted by atomic mass is 10.2. The minimum Gasteiger partial charge on any atom is -0.491 e. The number of nitrogens with one attached hydrogen (secondary N) is 1. The van der Waals surface area contributed by atoms with Crippen LogP contribution >= 0.6 is 0 Å². The molecular formula is C27H35N3O4S. The van der Waals surface area contributed by atoms with Gasteiger partial charge in [0.2, 0.25) is 15.9 Å². The van der Waals surface area contributed by atoms with Crippen molar-refractivity contribution in [2.75, 3.05) is 13.1 Å². The average molecular weight is 498 g/mol. The molecule has 1 aliphatic heterocycles. The summed E-state index contributed by atoms with van der Waals surface area (Å²) >= 11 is 0. The molecule has 1 amide bonds. The largest absolute Gasteiger partial charge is 0.491 e. The lowest BCUT2D eigenvalue weighted by molar-refractivity contribution is -0.123. The Kier molecular flexibility index (Phi) is 7.82. The van der Waals surface area contributed by atoms with Gasteiger partial charge in [-0.2, -0.15) is 4.31 Å². The van der Waals surface area contributed by atoms with Crippen molar-refractivity contribution in [3.63, 3.8) is 0 Å². The molecule has 7 nitrogen and oxygen atoms in total. The Morgan fingerprint density at radius 3 is 2.31 bits per heavy atom. The first kappa shape index (κ1) is 25.3. The first-order valence-electron chi connectivity index (χ1n) is 12.4. The first-order chi connectivity index (χ1) is 16.8. The van der Waals surface area contributed by atoms with E-state index in [9.17, 15) is 13.2 Å². The number of sulfonamides is 1. The number of carbonyl (C=O) groups excluding carboxylic acids is 1. The first-order valence-corrected chi connectivity index (χ1v) is 13.8. The number of aromatic nitrogens is 1. The zero-order chi connectivity index (χ0) is 25.0. The molecule has 2 aromatic carbocycles. The van der Waals surface area contributed by atoms with Crippen molar-refractivity contribution in [2.24, 2.45) is 0 Å². The quantitative estimate of drug-likeness (QED) is 0.481. The highest BCUT2D eigenvalue weighted by atomic mass is 32.2. The molecule has 8 heteroatoms. The summed E-state index contributed by atoms with van der Waals surface area (Å²) in [6, 6.07) is 14.3. The Morgan fingerprint density at radius 1 is 0.971 bits per heavy atom. The fraction of sp³-hybridized carbons (Fsp3) is 0.444. The van der Waals surface area contributed by atoms with Crippen LogP contribution in [0.1, 0.15) is 58.1 Å². The SMILES string of the molecule is CC(C)Oc1ccc(CNC(=O)[C@H](C)n2ccc3cc(S(=O)(=O)N4CCCCCC4)ccc32)cc1. The molecule has 0 unspecified atom stereocenters. The summed E-state index contributed by atoms with van der Waals surface area (Å²) in [7, 11) is -3.52. The molecule has 0 saturated carbocycles. The van der Waals surface area contributed by atoms with E-state index in [4.69, 9.17) is 4.74 Å². The molecule has 0 aliphatic carbocycles. The van der Waals surface area contributed by atoms with Crippen molar-refractivity contribution in [1.29, 1.82) is 0 Å². The van der Waals surface area contributed by atoms with Gasteiger partial charge in [0.05, 0.1) is 11.0 Å². The van der Waals surface area contributed by atoms with Gasteiger partial charge in [0, 0.05) is 36.7 Å². The molecule has 1 aliphatic rings. The van der Waals surface area contributed by atoms with E-state index in [1.54, 1.807) is 22.5 Å². The molecule has 0 bridgehead atoms. The van der Waals surface area contributed by atoms with Crippen molar-refractivity contribution in [3.8, 4) is 5.75 Å². The topological polar surface area (TPSA) is 80.6 Å². The molecule has 1 saturated heterocycles. The summed E-state index contributed by atoms with van der Waals surface area (Å²) in [4.78, 5) is 13.2. The Labute approximate surface area is 208 Å². The van der Waals surface area contributed by atoms with E-state index >= 15 is 0 Å². The van der Waals surface area contributed by atoms with Crippen molar-refractivity contribution >= 4 is 26.8 Å². The third kappa shape index (κ3) is 5.87. The van der Waals surface area contributed by atoms with Crippen LogP contribution in [-0.4, -0.2) is 42.4 Å². The van der Waals surface area contributed by atoms with Gasteiger partial charge in [-0.15, -0.1) is 0 Å². The number of nitrogens with zero attached hydrogens (tertiary/aromatic N) is 2. The van der Waals surface area contributed by atoms with Gasteiger partial charge in [-0.1, -0.05) is 25.0 Å². The van der Waals surface area contributed by atoms with Crippen LogP contribution in [0, 0.1) is 0 Å². The number of benzene rings is 2. The summed E-state index contributed by atoms with van der Waals surface area (Å²) in [6.45, 7) is 7.38. The Hall–Kier alpha value is -2.84. The highest BCUT2D eigenvalue weighted by Crippen LogP contribution is 2.26. The second-order valence-corrected chi connectivity index (χ2v) is 11.4. The third-order valence-electron chi connectivity index (χ3n) is 6.45. The van der Waals surface area contributed by atoms with Crippen LogP contribution in [0.2, 0.25) is 0 Å². The van der Waals surface area contributed by atoms with Gasteiger partial charge in [-0.05, 0) is 75.6 Å². The van der Waals surface area contributed by atoms with E-state index in [1.807, 2.05) is 61.9 Å². The summed E-state index contributed by atoms with van der Waals surface area (Å²) < 4.78 is 35.5. The van der Waals surface area contributed by atoms with Crippen molar-refractivity contribution in [2.45, 2.75) is 70.0 Å². The van der Waals surface area contributed by atoms with Gasteiger partial charge in [-0.25, -0.2) is 8.42 Å². The molecule has 3 aromatic rings. The molecular weight excluding hydrogens is 462 g/mol. The Bertz CT molecular complexity index is 1260. The summed E-state index contributed by atoms with van der Waals surface area (Å²) in [5.41, 5.74) is 1.82. The number of hydrogen-bond donors (Lipinski definition) is 1. The van der Waals surface area contributed by atoms with Gasteiger partial charge < -0.3 is 14.6 Å². The number of ether oxygens (including phenoxy) is 1. The zero-order valence-corrected chi connectivity index (χ0v) is 21.6. The molecule has 0 spiro atoms. The predicted molar refractivity (Wildman–Crippen MR) is 138 cm³/mol. The molecule has 1 N–H and O–H groups in total. The van der Waals surface area contributed by atoms with Gasteiger partial charge in [0.15, 0.2) is 0 Å². The number of carbonyl (C=O) groups is 1. The minimum atomic E-state index is -3.52. The van der Waals surface area contributed by atoms with Crippen LogP contribution in [0.25, 0.3) is 10.9 Å². The number of fused-ring (bicyclic) bond motifs is 1. The van der Waals surface area contributed by atoms with Crippen LogP contribution in [-0.2, 0) is 21.4 Å². The predicted octanol–water partition coefficient (Wildman–Crippen LogP) is 4.87. The van der Waals surface area contributed by atoms with Crippen LogP contribution < -0.4 is 10.1 Å². The number of amides is 1. The van der Waals surface area contributed by atoms with Crippen LogP contribution in [0.15, 0.2) is 59.6 Å². The van der Waals surface area contributed by atoms with Crippen LogP contribution in [0.5, 0.6) is 5.75 Å². The fourth-order valence-electron chi connectivity index (χ4n) is 4.49. The second-order valence-electron chi connectivity index (χ2n) is 9.47. The number of rotatable bonds is 8. The zero-order valence-electron chi connectivity index (χ0n) is 20.7. The molecule has 0 radical (unpaired) electrons.